The fourth-order valence-corrected chi connectivity index (χ4v) is 1.70. The van der Waals surface area contributed by atoms with Crippen molar-refractivity contribution < 1.29 is 17.0 Å². The summed E-state index contributed by atoms with van der Waals surface area (Å²) >= 11 is 0. The predicted molar refractivity (Wildman–Crippen MR) is 50.7 cm³/mol. The molecule has 78 valence electrons. The first-order chi connectivity index (χ1) is 6.49. The second kappa shape index (κ2) is 3.96. The summed E-state index contributed by atoms with van der Waals surface area (Å²) in [5, 5.41) is 0. The fraction of sp³-hybridized carbons (Fsp3) is 0.333. The van der Waals surface area contributed by atoms with Crippen LogP contribution in [0.4, 0.5) is 3.89 Å². The second-order valence-corrected chi connectivity index (χ2v) is 4.11. The van der Waals surface area contributed by atoms with Crippen LogP contribution in [0.3, 0.4) is 0 Å². The molecular formula is C9H11FO3S. The highest BCUT2D eigenvalue weighted by molar-refractivity contribution is 7.86. The summed E-state index contributed by atoms with van der Waals surface area (Å²) < 4.78 is 38.8. The Morgan fingerprint density at radius 1 is 1.43 bits per heavy atom. The van der Waals surface area contributed by atoms with E-state index in [-0.39, 0.29) is 4.90 Å². The zero-order valence-corrected chi connectivity index (χ0v) is 8.77. The van der Waals surface area contributed by atoms with E-state index in [9.17, 15) is 12.3 Å². The molecule has 0 aliphatic rings. The first-order valence-corrected chi connectivity index (χ1v) is 5.49. The topological polar surface area (TPSA) is 43.4 Å². The number of halogens is 1. The number of benzene rings is 1. The van der Waals surface area contributed by atoms with Crippen molar-refractivity contribution in [3.63, 3.8) is 0 Å². The van der Waals surface area contributed by atoms with Crippen molar-refractivity contribution in [3.05, 3.63) is 23.8 Å². The fourth-order valence-electron chi connectivity index (χ4n) is 1.18. The third-order valence-corrected chi connectivity index (χ3v) is 2.73. The largest absolute Gasteiger partial charge is 0.496 e. The minimum Gasteiger partial charge on any atom is -0.496 e. The van der Waals surface area contributed by atoms with Crippen LogP contribution in [0.5, 0.6) is 5.75 Å². The van der Waals surface area contributed by atoms with Gasteiger partial charge < -0.3 is 4.74 Å². The molecular weight excluding hydrogens is 207 g/mol. The molecule has 0 aliphatic heterocycles. The number of rotatable bonds is 3. The molecule has 0 unspecified atom stereocenters. The van der Waals surface area contributed by atoms with Gasteiger partial charge in [-0.25, -0.2) is 0 Å². The lowest BCUT2D eigenvalue weighted by atomic mass is 10.1. The van der Waals surface area contributed by atoms with Crippen LogP contribution in [0.25, 0.3) is 0 Å². The van der Waals surface area contributed by atoms with Crippen LogP contribution in [0.15, 0.2) is 23.1 Å². The van der Waals surface area contributed by atoms with Gasteiger partial charge in [-0.2, -0.15) is 8.42 Å². The van der Waals surface area contributed by atoms with E-state index < -0.39 is 10.2 Å². The van der Waals surface area contributed by atoms with Crippen LogP contribution < -0.4 is 4.74 Å². The van der Waals surface area contributed by atoms with Gasteiger partial charge in [0.25, 0.3) is 0 Å². The Morgan fingerprint density at radius 3 is 2.50 bits per heavy atom. The number of hydrogen-bond donors (Lipinski definition) is 0. The third kappa shape index (κ3) is 2.23. The Labute approximate surface area is 82.7 Å². The number of methoxy groups -OCH3 is 1. The second-order valence-electron chi connectivity index (χ2n) is 2.77. The van der Waals surface area contributed by atoms with Crippen molar-refractivity contribution in [2.45, 2.75) is 18.2 Å². The average Bonchev–Trinajstić information content (AvgIpc) is 2.15. The molecule has 0 saturated carbocycles. The lowest BCUT2D eigenvalue weighted by molar-refractivity contribution is 0.409. The van der Waals surface area contributed by atoms with Crippen LogP contribution >= 0.6 is 0 Å². The molecule has 3 nitrogen and oxygen atoms in total. The van der Waals surface area contributed by atoms with Gasteiger partial charge in [0.2, 0.25) is 0 Å². The molecule has 0 bridgehead atoms. The molecule has 0 amide bonds. The molecule has 5 heteroatoms. The van der Waals surface area contributed by atoms with Crippen molar-refractivity contribution >= 4 is 10.2 Å². The molecule has 14 heavy (non-hydrogen) atoms. The Kier molecular flexibility index (Phi) is 3.10. The van der Waals surface area contributed by atoms with Crippen molar-refractivity contribution in [1.82, 2.24) is 0 Å². The SMILES string of the molecule is CCc1cc(S(=O)(=O)F)ccc1OC. The molecule has 1 aromatic rings. The maximum atomic E-state index is 12.6. The molecule has 0 radical (unpaired) electrons. The molecule has 0 aromatic heterocycles. The maximum Gasteiger partial charge on any atom is 0.332 e. The molecule has 1 aromatic carbocycles. The van der Waals surface area contributed by atoms with Gasteiger partial charge in [0.05, 0.1) is 12.0 Å². The van der Waals surface area contributed by atoms with Gasteiger partial charge in [-0.1, -0.05) is 6.92 Å². The van der Waals surface area contributed by atoms with Crippen LogP contribution in [0.2, 0.25) is 0 Å². The Balaban J connectivity index is 3.28. The molecule has 1 rings (SSSR count). The van der Waals surface area contributed by atoms with E-state index in [1.54, 1.807) is 0 Å². The molecule has 0 spiro atoms. The van der Waals surface area contributed by atoms with Crippen molar-refractivity contribution in [2.24, 2.45) is 0 Å². The monoisotopic (exact) mass is 218 g/mol. The highest BCUT2D eigenvalue weighted by Gasteiger charge is 2.13. The maximum absolute atomic E-state index is 12.6. The molecule has 0 heterocycles. The third-order valence-electron chi connectivity index (χ3n) is 1.91. The first kappa shape index (κ1) is 11.0. The lowest BCUT2D eigenvalue weighted by Crippen LogP contribution is -1.96. The molecule has 0 aliphatic carbocycles. The Bertz CT molecular complexity index is 426. The zero-order chi connectivity index (χ0) is 10.8. The van der Waals surface area contributed by atoms with E-state index in [1.807, 2.05) is 6.92 Å². The van der Waals surface area contributed by atoms with E-state index in [0.717, 1.165) is 0 Å². The summed E-state index contributed by atoms with van der Waals surface area (Å²) in [4.78, 5) is -0.324. The van der Waals surface area contributed by atoms with Gasteiger partial charge in [-0.05, 0) is 30.2 Å². The van der Waals surface area contributed by atoms with Crippen LogP contribution in [-0.4, -0.2) is 15.5 Å². The normalized spacial score (nSPS) is 11.4. The van der Waals surface area contributed by atoms with E-state index in [4.69, 9.17) is 4.74 Å². The minimum absolute atomic E-state index is 0.324. The van der Waals surface area contributed by atoms with E-state index in [2.05, 4.69) is 0 Å². The Hall–Kier alpha value is -1.10. The van der Waals surface area contributed by atoms with Crippen LogP contribution in [0, 0.1) is 0 Å². The Morgan fingerprint density at radius 2 is 2.07 bits per heavy atom. The minimum atomic E-state index is -4.62. The van der Waals surface area contributed by atoms with Gasteiger partial charge in [-0.15, -0.1) is 3.89 Å². The van der Waals surface area contributed by atoms with Crippen LogP contribution in [-0.2, 0) is 16.6 Å². The molecule has 0 fully saturated rings. The van der Waals surface area contributed by atoms with Crippen molar-refractivity contribution in [2.75, 3.05) is 7.11 Å². The number of ether oxygens (including phenoxy) is 1. The predicted octanol–water partition coefficient (Wildman–Crippen LogP) is 1.92. The number of aryl methyl sites for hydroxylation is 1. The van der Waals surface area contributed by atoms with E-state index in [1.165, 1.54) is 25.3 Å². The zero-order valence-electron chi connectivity index (χ0n) is 7.95. The van der Waals surface area contributed by atoms with Gasteiger partial charge in [0.15, 0.2) is 0 Å². The first-order valence-electron chi connectivity index (χ1n) is 4.10. The molecule has 0 atom stereocenters. The summed E-state index contributed by atoms with van der Waals surface area (Å²) in [6.45, 7) is 1.84. The highest BCUT2D eigenvalue weighted by Crippen LogP contribution is 2.23. The summed E-state index contributed by atoms with van der Waals surface area (Å²) in [7, 11) is -3.13. The summed E-state index contributed by atoms with van der Waals surface area (Å²) in [5.41, 5.74) is 0.672. The number of hydrogen-bond acceptors (Lipinski definition) is 3. The van der Waals surface area contributed by atoms with E-state index in [0.29, 0.717) is 17.7 Å². The lowest BCUT2D eigenvalue weighted by Gasteiger charge is -2.06. The molecule has 0 N–H and O–H groups in total. The van der Waals surface area contributed by atoms with Crippen molar-refractivity contribution in [3.8, 4) is 5.75 Å². The van der Waals surface area contributed by atoms with E-state index >= 15 is 0 Å². The molecule has 0 saturated heterocycles. The highest BCUT2D eigenvalue weighted by atomic mass is 32.3. The van der Waals surface area contributed by atoms with Gasteiger partial charge in [-0.3, -0.25) is 0 Å². The quantitative estimate of drug-likeness (QED) is 0.728. The summed E-state index contributed by atoms with van der Waals surface area (Å²) in [5.74, 6) is 0.569. The van der Waals surface area contributed by atoms with Gasteiger partial charge in [0.1, 0.15) is 5.75 Å². The van der Waals surface area contributed by atoms with Gasteiger partial charge in [0, 0.05) is 0 Å². The average molecular weight is 218 g/mol. The summed E-state index contributed by atoms with van der Waals surface area (Å²) in [6, 6.07) is 3.92. The van der Waals surface area contributed by atoms with Gasteiger partial charge >= 0.3 is 10.2 Å². The van der Waals surface area contributed by atoms with Crippen molar-refractivity contribution in [1.29, 1.82) is 0 Å². The van der Waals surface area contributed by atoms with Crippen LogP contribution in [0.1, 0.15) is 12.5 Å². The summed E-state index contributed by atoms with van der Waals surface area (Å²) in [6.07, 6.45) is 0.590. The smallest absolute Gasteiger partial charge is 0.332 e. The standard InChI is InChI=1S/C9H11FO3S/c1-3-7-6-8(14(10,11)12)4-5-9(7)13-2/h4-6H,3H2,1-2H3.